The molecule has 0 radical (unpaired) electrons. The second-order valence-electron chi connectivity index (χ2n) is 7.26. The van der Waals surface area contributed by atoms with Crippen molar-refractivity contribution in [1.82, 2.24) is 25.5 Å². The lowest BCUT2D eigenvalue weighted by Gasteiger charge is -2.39. The van der Waals surface area contributed by atoms with E-state index in [2.05, 4.69) is 20.8 Å². The average molecular weight is 427 g/mol. The van der Waals surface area contributed by atoms with Gasteiger partial charge in [0.2, 0.25) is 11.9 Å². The maximum absolute atomic E-state index is 11.7. The van der Waals surface area contributed by atoms with E-state index in [1.165, 1.54) is 7.11 Å². The quantitative estimate of drug-likeness (QED) is 0.488. The van der Waals surface area contributed by atoms with Crippen molar-refractivity contribution in [2.75, 3.05) is 51.2 Å². The van der Waals surface area contributed by atoms with Crippen LogP contribution >= 0.6 is 0 Å². The van der Waals surface area contributed by atoms with E-state index in [1.54, 1.807) is 14.2 Å². The highest BCUT2D eigenvalue weighted by atomic mass is 16.5. The molecule has 1 fully saturated rings. The zero-order valence-corrected chi connectivity index (χ0v) is 17.9. The van der Waals surface area contributed by atoms with E-state index in [4.69, 9.17) is 24.2 Å². The van der Waals surface area contributed by atoms with Gasteiger partial charge in [-0.1, -0.05) is 0 Å². The summed E-state index contributed by atoms with van der Waals surface area (Å²) in [4.78, 5) is 23.2. The first-order chi connectivity index (χ1) is 15.0. The van der Waals surface area contributed by atoms with Crippen LogP contribution in [-0.4, -0.2) is 73.1 Å². The van der Waals surface area contributed by atoms with Gasteiger partial charge in [-0.15, -0.1) is 0 Å². The third kappa shape index (κ3) is 4.31. The number of aromatic nitrogens is 4. The zero-order valence-electron chi connectivity index (χ0n) is 17.9. The summed E-state index contributed by atoms with van der Waals surface area (Å²) in [5.74, 6) is 2.81. The van der Waals surface area contributed by atoms with Crippen LogP contribution in [0.15, 0.2) is 18.2 Å². The SMILES string of the molecule is COCC(=O)NC1CN(c2nc(Nc3cc(C)[nH]n3)c3cc(OC)c(OC)cc3n2)C1. The van der Waals surface area contributed by atoms with Crippen LogP contribution in [0.25, 0.3) is 10.9 Å². The highest BCUT2D eigenvalue weighted by Gasteiger charge is 2.30. The van der Waals surface area contributed by atoms with E-state index in [0.29, 0.717) is 47.7 Å². The summed E-state index contributed by atoms with van der Waals surface area (Å²) in [6, 6.07) is 5.57. The van der Waals surface area contributed by atoms with Crippen molar-refractivity contribution < 1.29 is 19.0 Å². The first kappa shape index (κ1) is 20.7. The number of aryl methyl sites for hydroxylation is 1. The standard InChI is InChI=1S/C20H25N7O4/c1-11-5-17(26-25-11)23-19-13-6-15(30-3)16(31-4)7-14(13)22-20(24-19)27-8-12(9-27)21-18(28)10-29-2/h5-7,12H,8-10H2,1-4H3,(H,21,28)(H2,22,23,24,25,26). The second kappa shape index (κ2) is 8.64. The Labute approximate surface area is 179 Å². The molecule has 3 N–H and O–H groups in total. The van der Waals surface area contributed by atoms with E-state index in [0.717, 1.165) is 11.1 Å². The maximum Gasteiger partial charge on any atom is 0.246 e. The summed E-state index contributed by atoms with van der Waals surface area (Å²) in [7, 11) is 4.66. The number of fused-ring (bicyclic) bond motifs is 1. The predicted molar refractivity (Wildman–Crippen MR) is 115 cm³/mol. The number of carbonyl (C=O) groups excluding carboxylic acids is 1. The summed E-state index contributed by atoms with van der Waals surface area (Å²) in [6.45, 7) is 3.18. The number of ether oxygens (including phenoxy) is 3. The minimum absolute atomic E-state index is 0.0257. The highest BCUT2D eigenvalue weighted by molar-refractivity contribution is 5.94. The molecule has 4 rings (SSSR count). The number of nitrogens with zero attached hydrogens (tertiary/aromatic N) is 4. The smallest absolute Gasteiger partial charge is 0.246 e. The monoisotopic (exact) mass is 427 g/mol. The molecule has 164 valence electrons. The number of H-pyrrole nitrogens is 1. The van der Waals surface area contributed by atoms with Gasteiger partial charge in [0.15, 0.2) is 17.3 Å². The number of rotatable bonds is 8. The zero-order chi connectivity index (χ0) is 22.0. The van der Waals surface area contributed by atoms with Gasteiger partial charge >= 0.3 is 0 Å². The number of carbonyl (C=O) groups is 1. The molecule has 1 aromatic carbocycles. The van der Waals surface area contributed by atoms with Crippen molar-refractivity contribution in [2.24, 2.45) is 0 Å². The average Bonchev–Trinajstić information content (AvgIpc) is 3.14. The van der Waals surface area contributed by atoms with Crippen molar-refractivity contribution in [3.63, 3.8) is 0 Å². The molecule has 0 unspecified atom stereocenters. The van der Waals surface area contributed by atoms with E-state index < -0.39 is 0 Å². The summed E-state index contributed by atoms with van der Waals surface area (Å²) in [5, 5.41) is 14.1. The molecule has 0 saturated carbocycles. The third-order valence-electron chi connectivity index (χ3n) is 4.95. The molecular weight excluding hydrogens is 402 g/mol. The van der Waals surface area contributed by atoms with Gasteiger partial charge in [-0.25, -0.2) is 4.98 Å². The Morgan fingerprint density at radius 3 is 2.55 bits per heavy atom. The number of hydrogen-bond acceptors (Lipinski definition) is 9. The molecule has 2 aromatic heterocycles. The molecule has 0 bridgehead atoms. The van der Waals surface area contributed by atoms with Gasteiger partial charge in [-0.3, -0.25) is 9.89 Å². The van der Waals surface area contributed by atoms with Crippen molar-refractivity contribution in [3.05, 3.63) is 23.9 Å². The number of amides is 1. The third-order valence-corrected chi connectivity index (χ3v) is 4.95. The van der Waals surface area contributed by atoms with Crippen molar-refractivity contribution in [2.45, 2.75) is 13.0 Å². The van der Waals surface area contributed by atoms with Crippen LogP contribution in [0.3, 0.4) is 0 Å². The van der Waals surface area contributed by atoms with E-state index in [9.17, 15) is 4.79 Å². The summed E-state index contributed by atoms with van der Waals surface area (Å²) in [5.41, 5.74) is 1.63. The lowest BCUT2D eigenvalue weighted by Crippen LogP contribution is -2.60. The topological polar surface area (TPSA) is 127 Å². The van der Waals surface area contributed by atoms with Crippen molar-refractivity contribution in [3.8, 4) is 11.5 Å². The molecule has 11 heteroatoms. The van der Waals surface area contributed by atoms with Crippen LogP contribution in [-0.2, 0) is 9.53 Å². The summed E-state index contributed by atoms with van der Waals surface area (Å²) < 4.78 is 15.7. The van der Waals surface area contributed by atoms with Crippen LogP contribution in [0.2, 0.25) is 0 Å². The Bertz CT molecular complexity index is 1090. The number of methoxy groups -OCH3 is 3. The van der Waals surface area contributed by atoms with Crippen molar-refractivity contribution in [1.29, 1.82) is 0 Å². The van der Waals surface area contributed by atoms with Gasteiger partial charge in [0, 0.05) is 43.4 Å². The highest BCUT2D eigenvalue weighted by Crippen LogP contribution is 2.36. The van der Waals surface area contributed by atoms with Gasteiger partial charge < -0.3 is 29.7 Å². The molecule has 0 atom stereocenters. The minimum Gasteiger partial charge on any atom is -0.493 e. The van der Waals surface area contributed by atoms with Crippen LogP contribution < -0.4 is 25.0 Å². The van der Waals surface area contributed by atoms with Crippen LogP contribution in [0.5, 0.6) is 11.5 Å². The van der Waals surface area contributed by atoms with E-state index >= 15 is 0 Å². The van der Waals surface area contributed by atoms with Gasteiger partial charge in [0.05, 0.1) is 25.8 Å². The normalized spacial score (nSPS) is 13.7. The fourth-order valence-electron chi connectivity index (χ4n) is 3.42. The van der Waals surface area contributed by atoms with Gasteiger partial charge in [-0.2, -0.15) is 10.1 Å². The molecule has 1 aliphatic heterocycles. The van der Waals surface area contributed by atoms with Crippen LogP contribution in [0.4, 0.5) is 17.6 Å². The Hall–Kier alpha value is -3.60. The first-order valence-electron chi connectivity index (χ1n) is 9.76. The maximum atomic E-state index is 11.7. The predicted octanol–water partition coefficient (Wildman–Crippen LogP) is 1.37. The number of aromatic amines is 1. The van der Waals surface area contributed by atoms with Gasteiger partial charge in [-0.05, 0) is 13.0 Å². The Balaban J connectivity index is 1.65. The Kier molecular flexibility index (Phi) is 5.76. The summed E-state index contributed by atoms with van der Waals surface area (Å²) in [6.07, 6.45) is 0. The molecule has 3 aromatic rings. The van der Waals surface area contributed by atoms with Crippen LogP contribution in [0, 0.1) is 6.92 Å². The number of anilines is 3. The molecular formula is C20H25N7O4. The minimum atomic E-state index is -0.139. The molecule has 0 aliphatic carbocycles. The molecule has 1 amide bonds. The molecule has 31 heavy (non-hydrogen) atoms. The Morgan fingerprint density at radius 2 is 1.90 bits per heavy atom. The number of hydrogen-bond donors (Lipinski definition) is 3. The van der Waals surface area contributed by atoms with E-state index in [-0.39, 0.29) is 18.6 Å². The van der Waals surface area contributed by atoms with E-state index in [1.807, 2.05) is 30.0 Å². The fraction of sp³-hybridized carbons (Fsp3) is 0.400. The number of benzene rings is 1. The molecule has 1 aliphatic rings. The molecule has 0 spiro atoms. The molecule has 11 nitrogen and oxygen atoms in total. The number of nitrogens with one attached hydrogen (secondary N) is 3. The second-order valence-corrected chi connectivity index (χ2v) is 7.26. The molecule has 1 saturated heterocycles. The van der Waals surface area contributed by atoms with Gasteiger partial charge in [0.25, 0.3) is 0 Å². The summed E-state index contributed by atoms with van der Waals surface area (Å²) >= 11 is 0. The fourth-order valence-corrected chi connectivity index (χ4v) is 3.42. The van der Waals surface area contributed by atoms with Crippen LogP contribution in [0.1, 0.15) is 5.69 Å². The first-order valence-corrected chi connectivity index (χ1v) is 9.76. The lowest BCUT2D eigenvalue weighted by atomic mass is 10.1. The lowest BCUT2D eigenvalue weighted by molar-refractivity contribution is -0.125. The molecule has 3 heterocycles. The largest absolute Gasteiger partial charge is 0.493 e. The van der Waals surface area contributed by atoms with Gasteiger partial charge in [0.1, 0.15) is 12.4 Å². The Morgan fingerprint density at radius 1 is 1.16 bits per heavy atom. The van der Waals surface area contributed by atoms with Crippen molar-refractivity contribution >= 4 is 34.4 Å².